The molecule has 0 aliphatic heterocycles. The molecule has 1 aromatic carbocycles. The zero-order valence-electron chi connectivity index (χ0n) is 12.1. The highest BCUT2D eigenvalue weighted by Crippen LogP contribution is 2.33. The van der Waals surface area contributed by atoms with Gasteiger partial charge in [-0.3, -0.25) is 0 Å². The van der Waals surface area contributed by atoms with Crippen LogP contribution in [0.5, 0.6) is 5.75 Å². The minimum absolute atomic E-state index is 0.0353. The van der Waals surface area contributed by atoms with Gasteiger partial charge in [-0.15, -0.1) is 0 Å². The average Bonchev–Trinajstić information content (AvgIpc) is 2.86. The van der Waals surface area contributed by atoms with Crippen molar-refractivity contribution in [1.29, 1.82) is 0 Å². The molecule has 1 N–H and O–H groups in total. The number of hydrogen-bond acceptors (Lipinski definition) is 3. The van der Waals surface area contributed by atoms with Gasteiger partial charge in [0.1, 0.15) is 11.6 Å². The number of benzene rings is 1. The van der Waals surface area contributed by atoms with Gasteiger partial charge in [-0.05, 0) is 60.0 Å². The summed E-state index contributed by atoms with van der Waals surface area (Å²) in [5.74, 6) is 0.475. The van der Waals surface area contributed by atoms with Crippen LogP contribution in [0.4, 0.5) is 4.39 Å². The van der Waals surface area contributed by atoms with E-state index in [-0.39, 0.29) is 11.9 Å². The maximum absolute atomic E-state index is 13.6. The summed E-state index contributed by atoms with van der Waals surface area (Å²) in [6, 6.07) is 4.64. The number of thiophene rings is 1. The SMILES string of the molecule is CCCNC(c1cscc1C)c1cc(F)ccc1OC. The summed E-state index contributed by atoms with van der Waals surface area (Å²) in [6.07, 6.45) is 1.03. The van der Waals surface area contributed by atoms with Crippen LogP contribution in [-0.4, -0.2) is 13.7 Å². The van der Waals surface area contributed by atoms with E-state index in [1.54, 1.807) is 30.6 Å². The molecule has 108 valence electrons. The first-order valence-corrected chi connectivity index (χ1v) is 7.71. The normalized spacial score (nSPS) is 12.4. The van der Waals surface area contributed by atoms with Gasteiger partial charge in [0.15, 0.2) is 0 Å². The summed E-state index contributed by atoms with van der Waals surface area (Å²) < 4.78 is 19.0. The Morgan fingerprint density at radius 1 is 1.30 bits per heavy atom. The lowest BCUT2D eigenvalue weighted by Gasteiger charge is -2.21. The van der Waals surface area contributed by atoms with Crippen LogP contribution in [0.2, 0.25) is 0 Å². The van der Waals surface area contributed by atoms with Crippen LogP contribution in [0.1, 0.15) is 36.1 Å². The molecule has 1 unspecified atom stereocenters. The molecule has 2 aromatic rings. The van der Waals surface area contributed by atoms with Crippen molar-refractivity contribution in [1.82, 2.24) is 5.32 Å². The number of nitrogens with one attached hydrogen (secondary N) is 1. The lowest BCUT2D eigenvalue weighted by atomic mass is 9.97. The Hall–Kier alpha value is -1.39. The number of halogens is 1. The van der Waals surface area contributed by atoms with E-state index in [0.29, 0.717) is 5.75 Å². The molecule has 0 spiro atoms. The van der Waals surface area contributed by atoms with Crippen LogP contribution in [0.15, 0.2) is 29.0 Å². The molecule has 1 aromatic heterocycles. The third-order valence-corrected chi connectivity index (χ3v) is 4.19. The molecule has 0 bridgehead atoms. The highest BCUT2D eigenvalue weighted by Gasteiger charge is 2.20. The zero-order chi connectivity index (χ0) is 14.5. The molecule has 2 nitrogen and oxygen atoms in total. The average molecular weight is 293 g/mol. The molecule has 1 heterocycles. The van der Waals surface area contributed by atoms with Gasteiger partial charge in [0.2, 0.25) is 0 Å². The highest BCUT2D eigenvalue weighted by atomic mass is 32.1. The Balaban J connectivity index is 2.46. The first kappa shape index (κ1) is 15.0. The Labute approximate surface area is 123 Å². The summed E-state index contributed by atoms with van der Waals surface area (Å²) in [4.78, 5) is 0. The van der Waals surface area contributed by atoms with Crippen molar-refractivity contribution >= 4 is 11.3 Å². The molecule has 0 amide bonds. The quantitative estimate of drug-likeness (QED) is 0.857. The molecule has 0 saturated heterocycles. The Bertz CT molecular complexity index is 567. The number of aryl methyl sites for hydroxylation is 1. The van der Waals surface area contributed by atoms with Crippen molar-refractivity contribution in [2.45, 2.75) is 26.3 Å². The summed E-state index contributed by atoms with van der Waals surface area (Å²) in [5.41, 5.74) is 3.25. The lowest BCUT2D eigenvalue weighted by Crippen LogP contribution is -2.24. The largest absolute Gasteiger partial charge is 0.496 e. The molecule has 20 heavy (non-hydrogen) atoms. The number of rotatable bonds is 6. The van der Waals surface area contributed by atoms with E-state index in [4.69, 9.17) is 4.74 Å². The molecule has 2 rings (SSSR count). The van der Waals surface area contributed by atoms with Gasteiger partial charge >= 0.3 is 0 Å². The summed E-state index contributed by atoms with van der Waals surface area (Å²) >= 11 is 1.67. The van der Waals surface area contributed by atoms with E-state index in [9.17, 15) is 4.39 Å². The number of hydrogen-bond donors (Lipinski definition) is 1. The number of ether oxygens (including phenoxy) is 1. The van der Waals surface area contributed by atoms with Gasteiger partial charge in [-0.1, -0.05) is 6.92 Å². The standard InChI is InChI=1S/C16H20FNOS/c1-4-7-18-16(14-10-20-9-11(14)2)13-8-12(17)5-6-15(13)19-3/h5-6,8-10,16,18H,4,7H2,1-3H3. The molecule has 4 heteroatoms. The molecule has 0 fully saturated rings. The zero-order valence-corrected chi connectivity index (χ0v) is 12.9. The fourth-order valence-corrected chi connectivity index (χ4v) is 3.15. The van der Waals surface area contributed by atoms with E-state index in [2.05, 4.69) is 29.9 Å². The summed E-state index contributed by atoms with van der Waals surface area (Å²) in [7, 11) is 1.62. The highest BCUT2D eigenvalue weighted by molar-refractivity contribution is 7.08. The van der Waals surface area contributed by atoms with Crippen LogP contribution in [0, 0.1) is 12.7 Å². The topological polar surface area (TPSA) is 21.3 Å². The van der Waals surface area contributed by atoms with Gasteiger partial charge in [0.25, 0.3) is 0 Å². The Morgan fingerprint density at radius 3 is 2.70 bits per heavy atom. The predicted molar refractivity (Wildman–Crippen MR) is 82.1 cm³/mol. The number of methoxy groups -OCH3 is 1. The van der Waals surface area contributed by atoms with Crippen LogP contribution >= 0.6 is 11.3 Å². The van der Waals surface area contributed by atoms with Crippen LogP contribution < -0.4 is 10.1 Å². The van der Waals surface area contributed by atoms with E-state index >= 15 is 0 Å². The second kappa shape index (κ2) is 6.86. The molecule has 0 aliphatic carbocycles. The van der Waals surface area contributed by atoms with Crippen LogP contribution in [-0.2, 0) is 0 Å². The third-order valence-electron chi connectivity index (χ3n) is 3.31. The van der Waals surface area contributed by atoms with Crippen molar-refractivity contribution in [3.05, 3.63) is 51.5 Å². The second-order valence-electron chi connectivity index (χ2n) is 4.78. The molecule has 0 radical (unpaired) electrons. The van der Waals surface area contributed by atoms with Crippen LogP contribution in [0.3, 0.4) is 0 Å². The van der Waals surface area contributed by atoms with Gasteiger partial charge in [-0.25, -0.2) is 4.39 Å². The van der Waals surface area contributed by atoms with Crippen molar-refractivity contribution in [3.63, 3.8) is 0 Å². The Morgan fingerprint density at radius 2 is 2.10 bits per heavy atom. The maximum Gasteiger partial charge on any atom is 0.124 e. The second-order valence-corrected chi connectivity index (χ2v) is 5.53. The molecular weight excluding hydrogens is 273 g/mol. The van der Waals surface area contributed by atoms with Gasteiger partial charge in [0, 0.05) is 5.56 Å². The van der Waals surface area contributed by atoms with Crippen molar-refractivity contribution < 1.29 is 9.13 Å². The van der Waals surface area contributed by atoms with Crippen molar-refractivity contribution in [3.8, 4) is 5.75 Å². The van der Waals surface area contributed by atoms with Crippen molar-refractivity contribution in [2.24, 2.45) is 0 Å². The van der Waals surface area contributed by atoms with E-state index in [1.165, 1.54) is 17.2 Å². The summed E-state index contributed by atoms with van der Waals surface area (Å²) in [5, 5.41) is 7.72. The molecule has 0 aliphatic rings. The maximum atomic E-state index is 13.6. The molecular formula is C16H20FNOS. The summed E-state index contributed by atoms with van der Waals surface area (Å²) in [6.45, 7) is 5.07. The van der Waals surface area contributed by atoms with E-state index < -0.39 is 0 Å². The van der Waals surface area contributed by atoms with E-state index in [0.717, 1.165) is 18.5 Å². The predicted octanol–water partition coefficient (Wildman–Crippen LogP) is 4.29. The fraction of sp³-hybridized carbons (Fsp3) is 0.375. The minimum atomic E-state index is -0.239. The first-order chi connectivity index (χ1) is 9.67. The smallest absolute Gasteiger partial charge is 0.124 e. The molecule has 0 saturated carbocycles. The van der Waals surface area contributed by atoms with Gasteiger partial charge < -0.3 is 10.1 Å². The van der Waals surface area contributed by atoms with Crippen LogP contribution in [0.25, 0.3) is 0 Å². The lowest BCUT2D eigenvalue weighted by molar-refractivity contribution is 0.402. The van der Waals surface area contributed by atoms with Gasteiger partial charge in [0.05, 0.1) is 13.2 Å². The van der Waals surface area contributed by atoms with Gasteiger partial charge in [-0.2, -0.15) is 11.3 Å². The monoisotopic (exact) mass is 293 g/mol. The van der Waals surface area contributed by atoms with Crippen molar-refractivity contribution in [2.75, 3.05) is 13.7 Å². The molecule has 1 atom stereocenters. The fourth-order valence-electron chi connectivity index (χ4n) is 2.27. The first-order valence-electron chi connectivity index (χ1n) is 6.76. The minimum Gasteiger partial charge on any atom is -0.496 e. The third kappa shape index (κ3) is 3.19. The Kier molecular flexibility index (Phi) is 5.15. The van der Waals surface area contributed by atoms with E-state index in [1.807, 2.05) is 0 Å².